The number of aromatic nitrogens is 1. The standard InChI is InChI=1S/C23H24N2O3/c1-16-21(22(24-28-16)20-8-3-2-4-9-20)23(27)25-11-10-18(14-25)12-17-6-5-7-19(13-17)15-26/h2-9,13,18,26H,10-12,14-15H2,1H3/t18-/m0/s1. The van der Waals surface area contributed by atoms with E-state index in [2.05, 4.69) is 11.2 Å². The summed E-state index contributed by atoms with van der Waals surface area (Å²) in [5.41, 5.74) is 4.20. The Morgan fingerprint density at radius 1 is 1.18 bits per heavy atom. The molecule has 0 radical (unpaired) electrons. The fourth-order valence-corrected chi connectivity index (χ4v) is 3.95. The molecule has 0 unspecified atom stereocenters. The zero-order chi connectivity index (χ0) is 19.5. The lowest BCUT2D eigenvalue weighted by atomic mass is 9.97. The van der Waals surface area contributed by atoms with Crippen molar-refractivity contribution in [3.63, 3.8) is 0 Å². The van der Waals surface area contributed by atoms with Crippen LogP contribution in [0, 0.1) is 12.8 Å². The molecule has 28 heavy (non-hydrogen) atoms. The van der Waals surface area contributed by atoms with Gasteiger partial charge >= 0.3 is 0 Å². The number of aliphatic hydroxyl groups is 1. The first-order valence-corrected chi connectivity index (χ1v) is 9.65. The van der Waals surface area contributed by atoms with Crippen molar-refractivity contribution in [1.82, 2.24) is 10.1 Å². The van der Waals surface area contributed by atoms with E-state index >= 15 is 0 Å². The van der Waals surface area contributed by atoms with Crippen molar-refractivity contribution in [2.45, 2.75) is 26.4 Å². The number of carbonyl (C=O) groups is 1. The second-order valence-electron chi connectivity index (χ2n) is 7.42. The van der Waals surface area contributed by atoms with Crippen LogP contribution in [0.25, 0.3) is 11.3 Å². The van der Waals surface area contributed by atoms with Crippen LogP contribution in [0.1, 0.15) is 33.7 Å². The van der Waals surface area contributed by atoms with Gasteiger partial charge in [-0.3, -0.25) is 4.79 Å². The molecule has 2 heterocycles. The molecule has 1 aliphatic heterocycles. The highest BCUT2D eigenvalue weighted by Crippen LogP contribution is 2.29. The zero-order valence-electron chi connectivity index (χ0n) is 16.0. The Balaban J connectivity index is 1.49. The lowest BCUT2D eigenvalue weighted by Crippen LogP contribution is -2.29. The molecule has 2 aromatic carbocycles. The minimum Gasteiger partial charge on any atom is -0.392 e. The van der Waals surface area contributed by atoms with Gasteiger partial charge in [0.15, 0.2) is 0 Å². The fraction of sp³-hybridized carbons (Fsp3) is 0.304. The molecule has 1 N–H and O–H groups in total. The van der Waals surface area contributed by atoms with Crippen molar-refractivity contribution in [2.75, 3.05) is 13.1 Å². The first-order valence-electron chi connectivity index (χ1n) is 9.65. The van der Waals surface area contributed by atoms with Gasteiger partial charge in [0.25, 0.3) is 5.91 Å². The van der Waals surface area contributed by atoms with Crippen LogP contribution in [0.2, 0.25) is 0 Å². The van der Waals surface area contributed by atoms with Gasteiger partial charge in [0.2, 0.25) is 0 Å². The van der Waals surface area contributed by atoms with Crippen LogP contribution in [-0.4, -0.2) is 34.2 Å². The van der Waals surface area contributed by atoms with Gasteiger partial charge in [-0.2, -0.15) is 0 Å². The van der Waals surface area contributed by atoms with E-state index in [0.29, 0.717) is 22.9 Å². The molecule has 0 aliphatic carbocycles. The maximum absolute atomic E-state index is 13.2. The topological polar surface area (TPSA) is 66.6 Å². The number of benzene rings is 2. The van der Waals surface area contributed by atoms with Crippen LogP contribution in [0.15, 0.2) is 59.1 Å². The van der Waals surface area contributed by atoms with Gasteiger partial charge < -0.3 is 14.5 Å². The molecular weight excluding hydrogens is 352 g/mol. The van der Waals surface area contributed by atoms with Crippen molar-refractivity contribution >= 4 is 5.91 Å². The van der Waals surface area contributed by atoms with E-state index in [0.717, 1.165) is 37.1 Å². The molecule has 1 amide bonds. The summed E-state index contributed by atoms with van der Waals surface area (Å²) in [4.78, 5) is 15.1. The summed E-state index contributed by atoms with van der Waals surface area (Å²) in [6.07, 6.45) is 1.88. The average molecular weight is 376 g/mol. The number of likely N-dealkylation sites (tertiary alicyclic amines) is 1. The van der Waals surface area contributed by atoms with E-state index in [1.165, 1.54) is 5.56 Å². The fourth-order valence-electron chi connectivity index (χ4n) is 3.95. The largest absolute Gasteiger partial charge is 0.392 e. The van der Waals surface area contributed by atoms with Crippen LogP contribution in [0.5, 0.6) is 0 Å². The number of amides is 1. The molecule has 5 heteroatoms. The lowest BCUT2D eigenvalue weighted by Gasteiger charge is -2.17. The van der Waals surface area contributed by atoms with Gasteiger partial charge in [0.05, 0.1) is 6.61 Å². The van der Waals surface area contributed by atoms with E-state index in [1.807, 2.05) is 53.4 Å². The zero-order valence-corrected chi connectivity index (χ0v) is 16.0. The molecule has 5 nitrogen and oxygen atoms in total. The summed E-state index contributed by atoms with van der Waals surface area (Å²) in [5.74, 6) is 0.963. The number of carbonyl (C=O) groups excluding carboxylic acids is 1. The highest BCUT2D eigenvalue weighted by Gasteiger charge is 2.31. The normalized spacial score (nSPS) is 16.5. The van der Waals surface area contributed by atoms with Gasteiger partial charge in [-0.05, 0) is 36.8 Å². The second-order valence-corrected chi connectivity index (χ2v) is 7.42. The maximum atomic E-state index is 13.2. The molecule has 144 valence electrons. The summed E-state index contributed by atoms with van der Waals surface area (Å²) in [7, 11) is 0. The van der Waals surface area contributed by atoms with Gasteiger partial charge in [0, 0.05) is 18.7 Å². The Bertz CT molecular complexity index is 965. The highest BCUT2D eigenvalue weighted by atomic mass is 16.5. The highest BCUT2D eigenvalue weighted by molar-refractivity contribution is 6.00. The molecule has 1 fully saturated rings. The SMILES string of the molecule is Cc1onc(-c2ccccc2)c1C(=O)N1CC[C@@H](Cc2cccc(CO)c2)C1. The molecule has 1 aromatic heterocycles. The van der Waals surface area contributed by atoms with Crippen molar-refractivity contribution in [1.29, 1.82) is 0 Å². The molecule has 1 aliphatic rings. The summed E-state index contributed by atoms with van der Waals surface area (Å²) in [6.45, 7) is 3.31. The lowest BCUT2D eigenvalue weighted by molar-refractivity contribution is 0.0786. The van der Waals surface area contributed by atoms with E-state index in [9.17, 15) is 9.90 Å². The molecule has 0 saturated carbocycles. The average Bonchev–Trinajstić information content (AvgIpc) is 3.35. The predicted octanol–water partition coefficient (Wildman–Crippen LogP) is 3.85. The molecule has 4 rings (SSSR count). The molecule has 0 spiro atoms. The number of hydrogen-bond donors (Lipinski definition) is 1. The summed E-state index contributed by atoms with van der Waals surface area (Å²) >= 11 is 0. The Morgan fingerprint density at radius 2 is 1.96 bits per heavy atom. The molecule has 1 saturated heterocycles. The van der Waals surface area contributed by atoms with E-state index in [-0.39, 0.29) is 12.5 Å². The molecule has 1 atom stereocenters. The summed E-state index contributed by atoms with van der Waals surface area (Å²) in [5, 5.41) is 13.5. The predicted molar refractivity (Wildman–Crippen MR) is 107 cm³/mol. The number of aryl methyl sites for hydroxylation is 1. The van der Waals surface area contributed by atoms with Crippen molar-refractivity contribution in [3.8, 4) is 11.3 Å². The molecular formula is C23H24N2O3. The van der Waals surface area contributed by atoms with Crippen LogP contribution >= 0.6 is 0 Å². The van der Waals surface area contributed by atoms with Crippen LogP contribution in [0.4, 0.5) is 0 Å². The number of hydrogen-bond acceptors (Lipinski definition) is 4. The van der Waals surface area contributed by atoms with Crippen molar-refractivity contribution in [2.24, 2.45) is 5.92 Å². The van der Waals surface area contributed by atoms with E-state index in [1.54, 1.807) is 6.92 Å². The van der Waals surface area contributed by atoms with Crippen molar-refractivity contribution in [3.05, 3.63) is 77.0 Å². The first-order chi connectivity index (χ1) is 13.7. The number of rotatable bonds is 5. The van der Waals surface area contributed by atoms with Crippen LogP contribution in [-0.2, 0) is 13.0 Å². The molecule has 0 bridgehead atoms. The third-order valence-electron chi connectivity index (χ3n) is 5.40. The monoisotopic (exact) mass is 376 g/mol. The Labute approximate surface area is 164 Å². The Hall–Kier alpha value is -2.92. The minimum absolute atomic E-state index is 0.00999. The quantitative estimate of drug-likeness (QED) is 0.735. The van der Waals surface area contributed by atoms with E-state index < -0.39 is 0 Å². The Morgan fingerprint density at radius 3 is 2.75 bits per heavy atom. The van der Waals surface area contributed by atoms with Crippen molar-refractivity contribution < 1.29 is 14.4 Å². The maximum Gasteiger partial charge on any atom is 0.259 e. The second kappa shape index (κ2) is 7.98. The van der Waals surface area contributed by atoms with Crippen LogP contribution < -0.4 is 0 Å². The third-order valence-corrected chi connectivity index (χ3v) is 5.40. The van der Waals surface area contributed by atoms with E-state index in [4.69, 9.17) is 4.52 Å². The number of aliphatic hydroxyl groups excluding tert-OH is 1. The third kappa shape index (κ3) is 3.71. The Kier molecular flexibility index (Phi) is 5.26. The van der Waals surface area contributed by atoms with Gasteiger partial charge in [-0.15, -0.1) is 0 Å². The number of nitrogens with zero attached hydrogens (tertiary/aromatic N) is 2. The van der Waals surface area contributed by atoms with Gasteiger partial charge in [-0.1, -0.05) is 59.8 Å². The van der Waals surface area contributed by atoms with Gasteiger partial charge in [-0.25, -0.2) is 0 Å². The first kappa shape index (κ1) is 18.4. The minimum atomic E-state index is -0.00999. The summed E-state index contributed by atoms with van der Waals surface area (Å²) in [6, 6.07) is 17.7. The molecule has 3 aromatic rings. The summed E-state index contributed by atoms with van der Waals surface area (Å²) < 4.78 is 5.36. The van der Waals surface area contributed by atoms with Crippen LogP contribution in [0.3, 0.4) is 0 Å². The van der Waals surface area contributed by atoms with Gasteiger partial charge in [0.1, 0.15) is 17.0 Å². The smallest absolute Gasteiger partial charge is 0.259 e.